The van der Waals surface area contributed by atoms with Gasteiger partial charge in [0.05, 0.1) is 30.2 Å². The van der Waals surface area contributed by atoms with Crippen molar-refractivity contribution in [3.8, 4) is 17.1 Å². The topological polar surface area (TPSA) is 105 Å². The molecule has 0 radical (unpaired) electrons. The molecule has 0 spiro atoms. The van der Waals surface area contributed by atoms with E-state index in [1.807, 2.05) is 18.2 Å². The molecule has 0 amide bonds. The van der Waals surface area contributed by atoms with Gasteiger partial charge in [-0.25, -0.2) is 14.4 Å². The van der Waals surface area contributed by atoms with Gasteiger partial charge in [-0.2, -0.15) is 0 Å². The Bertz CT molecular complexity index is 1850. The van der Waals surface area contributed by atoms with Gasteiger partial charge in [-0.15, -0.1) is 0 Å². The van der Waals surface area contributed by atoms with E-state index in [0.29, 0.717) is 76.3 Å². The van der Waals surface area contributed by atoms with Crippen LogP contribution in [0.5, 0.6) is 5.75 Å². The Kier molecular flexibility index (Phi) is 7.79. The minimum absolute atomic E-state index is 0.207. The molecule has 46 heavy (non-hydrogen) atoms. The predicted molar refractivity (Wildman–Crippen MR) is 177 cm³/mol. The van der Waals surface area contributed by atoms with Crippen LogP contribution in [0.15, 0.2) is 70.7 Å². The number of aliphatic imine (C=N–C) groups is 1. The van der Waals surface area contributed by atoms with Gasteiger partial charge in [-0.05, 0) is 84.4 Å². The van der Waals surface area contributed by atoms with Crippen molar-refractivity contribution in [2.75, 3.05) is 25.5 Å². The second-order valence-electron chi connectivity index (χ2n) is 13.7. The van der Waals surface area contributed by atoms with Crippen LogP contribution >= 0.6 is 0 Å². The first-order valence-electron chi connectivity index (χ1n) is 16.2. The lowest BCUT2D eigenvalue weighted by atomic mass is 9.45. The molecule has 10 heteroatoms. The molecule has 4 fully saturated rings. The molecule has 2 N–H and O–H groups in total. The number of likely N-dealkylation sites (tertiary alicyclic amines) is 1. The zero-order valence-corrected chi connectivity index (χ0v) is 26.8. The number of aromatic nitrogens is 3. The summed E-state index contributed by atoms with van der Waals surface area (Å²) < 4.78 is 21.5. The van der Waals surface area contributed by atoms with Crippen LogP contribution in [0.4, 0.5) is 10.1 Å². The average Bonchev–Trinajstić information content (AvgIpc) is 3.03. The number of hydrogen-bond acceptors (Lipinski definition) is 6. The zero-order chi connectivity index (χ0) is 32.2. The van der Waals surface area contributed by atoms with Crippen molar-refractivity contribution >= 4 is 22.5 Å². The van der Waals surface area contributed by atoms with Gasteiger partial charge in [-0.3, -0.25) is 14.3 Å². The molecular formula is C36H41FN6O3. The van der Waals surface area contributed by atoms with E-state index in [1.165, 1.54) is 19.6 Å². The van der Waals surface area contributed by atoms with Crippen molar-refractivity contribution in [3.05, 3.63) is 82.7 Å². The lowest BCUT2D eigenvalue weighted by molar-refractivity contribution is -0.108. The number of aliphatic hydroxyl groups is 1. The maximum absolute atomic E-state index is 14.8. The van der Waals surface area contributed by atoms with Crippen molar-refractivity contribution in [1.82, 2.24) is 19.4 Å². The fourth-order valence-electron chi connectivity index (χ4n) is 7.71. The number of benzene rings is 2. The number of rotatable bonds is 7. The molecule has 3 aliphatic carbocycles. The number of hydrogen-bond donors (Lipinski definition) is 2. The first-order valence-corrected chi connectivity index (χ1v) is 16.2. The summed E-state index contributed by atoms with van der Waals surface area (Å²) in [6, 6.07) is 14.2. The maximum Gasteiger partial charge on any atom is 0.261 e. The van der Waals surface area contributed by atoms with Gasteiger partial charge in [0, 0.05) is 49.3 Å². The number of β-amino-alcohol motifs (C(OH)–C–C–N with tert-alkyl or cyclic N) is 1. The van der Waals surface area contributed by atoms with Crippen LogP contribution in [-0.4, -0.2) is 62.8 Å². The lowest BCUT2D eigenvalue weighted by Gasteiger charge is -2.61. The Morgan fingerprint density at radius 2 is 2.00 bits per heavy atom. The third-order valence-corrected chi connectivity index (χ3v) is 10.8. The number of fused-ring (bicyclic) bond motifs is 3. The zero-order valence-electron chi connectivity index (χ0n) is 26.8. The number of guanidine groups is 1. The molecule has 8 rings (SSSR count). The summed E-state index contributed by atoms with van der Waals surface area (Å²) in [6.45, 7) is 8.40. The van der Waals surface area contributed by atoms with Gasteiger partial charge in [0.1, 0.15) is 17.4 Å². The molecule has 4 aromatic rings. The number of nitrogens with zero attached hydrogens (tertiary/aromatic N) is 5. The smallest absolute Gasteiger partial charge is 0.261 e. The number of methoxy groups -OCH3 is 1. The van der Waals surface area contributed by atoms with Crippen LogP contribution < -0.4 is 15.6 Å². The molecule has 240 valence electrons. The Morgan fingerprint density at radius 3 is 2.67 bits per heavy atom. The fraction of sp³-hybridized carbons (Fsp3) is 0.444. The number of halogens is 1. The van der Waals surface area contributed by atoms with Crippen LogP contribution in [-0.2, 0) is 13.0 Å². The summed E-state index contributed by atoms with van der Waals surface area (Å²) in [5, 5.41) is 14.1. The molecule has 4 unspecified atom stereocenters. The quantitative estimate of drug-likeness (QED) is 0.211. The first kappa shape index (κ1) is 30.3. The molecule has 3 heterocycles. The van der Waals surface area contributed by atoms with E-state index in [-0.39, 0.29) is 30.1 Å². The first-order chi connectivity index (χ1) is 22.1. The molecule has 2 aromatic carbocycles. The summed E-state index contributed by atoms with van der Waals surface area (Å²) in [5.74, 6) is 3.12. The second-order valence-corrected chi connectivity index (χ2v) is 13.7. The van der Waals surface area contributed by atoms with Crippen LogP contribution in [0, 0.1) is 29.0 Å². The Hall–Kier alpha value is -4.31. The molecule has 9 nitrogen and oxygen atoms in total. The van der Waals surface area contributed by atoms with Crippen LogP contribution in [0.3, 0.4) is 0 Å². The predicted octanol–water partition coefficient (Wildman–Crippen LogP) is 5.36. The third kappa shape index (κ3) is 5.42. The van der Waals surface area contributed by atoms with Gasteiger partial charge in [0.2, 0.25) is 0 Å². The molecule has 2 aromatic heterocycles. The van der Waals surface area contributed by atoms with Crippen LogP contribution in [0.25, 0.3) is 22.3 Å². The third-order valence-electron chi connectivity index (χ3n) is 10.8. The molecule has 4 atom stereocenters. The summed E-state index contributed by atoms with van der Waals surface area (Å²) in [6.07, 6.45) is 5.64. The van der Waals surface area contributed by atoms with E-state index >= 15 is 0 Å². The number of anilines is 1. The highest BCUT2D eigenvalue weighted by molar-refractivity contribution is 5.96. The molecule has 1 aliphatic heterocycles. The molecule has 4 aliphatic rings. The minimum atomic E-state index is -0.379. The monoisotopic (exact) mass is 624 g/mol. The molecule has 3 saturated carbocycles. The SMILES string of the molecule is COc1ccc(CCn2c(-c3cccnc3)nc3cc(NC(=NC4CC5CC(C4C)C5(C)C)N4CC(O)C4)ccc3c2=O)c(F)c1. The normalized spacial score (nSPS) is 24.0. The van der Waals surface area contributed by atoms with Gasteiger partial charge in [-0.1, -0.05) is 26.8 Å². The van der Waals surface area contributed by atoms with Gasteiger partial charge >= 0.3 is 0 Å². The van der Waals surface area contributed by atoms with Crippen molar-refractivity contribution in [2.45, 2.75) is 58.7 Å². The highest BCUT2D eigenvalue weighted by Crippen LogP contribution is 2.61. The number of ether oxygens (including phenoxy) is 1. The summed E-state index contributed by atoms with van der Waals surface area (Å²) >= 11 is 0. The summed E-state index contributed by atoms with van der Waals surface area (Å²) in [4.78, 5) is 30.5. The largest absolute Gasteiger partial charge is 0.497 e. The number of nitrogens with one attached hydrogen (secondary N) is 1. The van der Waals surface area contributed by atoms with E-state index in [9.17, 15) is 14.3 Å². The van der Waals surface area contributed by atoms with Crippen molar-refractivity contribution in [3.63, 3.8) is 0 Å². The standard InChI is InChI=1S/C36H41FN6O3/c1-21-29-14-24(36(29,2)3)15-31(21)41-35(42-19-26(44)20-42)39-25-8-10-28-32(16-25)40-33(23-6-5-12-38-18-23)43(34(28)45)13-11-22-7-9-27(46-4)17-30(22)37/h5-10,12,16-18,21,24,26,29,31,44H,11,13-15,19-20H2,1-4H3,(H,39,41). The summed E-state index contributed by atoms with van der Waals surface area (Å²) in [5.41, 5.74) is 2.65. The van der Waals surface area contributed by atoms with Crippen molar-refractivity contribution in [1.29, 1.82) is 0 Å². The van der Waals surface area contributed by atoms with Crippen molar-refractivity contribution in [2.24, 2.45) is 28.2 Å². The minimum Gasteiger partial charge on any atom is -0.497 e. The average molecular weight is 625 g/mol. The van der Waals surface area contributed by atoms with E-state index in [0.717, 1.165) is 18.1 Å². The molecule has 2 bridgehead atoms. The highest BCUT2D eigenvalue weighted by atomic mass is 19.1. The summed E-state index contributed by atoms with van der Waals surface area (Å²) in [7, 11) is 1.50. The van der Waals surface area contributed by atoms with Crippen LogP contribution in [0.1, 0.15) is 39.2 Å². The second kappa shape index (κ2) is 11.8. The molecular weight excluding hydrogens is 583 g/mol. The van der Waals surface area contributed by atoms with Gasteiger partial charge < -0.3 is 20.1 Å². The fourth-order valence-corrected chi connectivity index (χ4v) is 7.71. The van der Waals surface area contributed by atoms with Crippen molar-refractivity contribution < 1.29 is 14.2 Å². The Balaban J connectivity index is 1.21. The number of aryl methyl sites for hydroxylation is 1. The van der Waals surface area contributed by atoms with E-state index < -0.39 is 0 Å². The van der Waals surface area contributed by atoms with E-state index in [1.54, 1.807) is 41.2 Å². The van der Waals surface area contributed by atoms with Crippen LogP contribution in [0.2, 0.25) is 0 Å². The van der Waals surface area contributed by atoms with E-state index in [2.05, 4.69) is 36.0 Å². The number of pyridine rings is 1. The van der Waals surface area contributed by atoms with E-state index in [4.69, 9.17) is 14.7 Å². The Morgan fingerprint density at radius 1 is 1.17 bits per heavy atom. The number of aliphatic hydroxyl groups excluding tert-OH is 1. The highest BCUT2D eigenvalue weighted by Gasteiger charge is 2.56. The Labute approximate surface area is 268 Å². The molecule has 1 saturated heterocycles. The van der Waals surface area contributed by atoms with Gasteiger partial charge in [0.15, 0.2) is 5.96 Å². The van der Waals surface area contributed by atoms with Gasteiger partial charge in [0.25, 0.3) is 5.56 Å². The maximum atomic E-state index is 14.8. The lowest BCUT2D eigenvalue weighted by Crippen LogP contribution is -2.58.